The molecule has 0 aliphatic heterocycles. The highest BCUT2D eigenvalue weighted by molar-refractivity contribution is 4.59. The lowest BCUT2D eigenvalue weighted by molar-refractivity contribution is 0.195. The monoisotopic (exact) mass is 189 g/mol. The van der Waals surface area contributed by atoms with Crippen molar-refractivity contribution in [2.45, 2.75) is 6.92 Å². The van der Waals surface area contributed by atoms with Gasteiger partial charge in [-0.3, -0.25) is 0 Å². The van der Waals surface area contributed by atoms with Gasteiger partial charge in [-0.25, -0.2) is 0 Å². The molecule has 0 aromatic carbocycles. The summed E-state index contributed by atoms with van der Waals surface area (Å²) >= 11 is 0. The van der Waals surface area contributed by atoms with E-state index in [2.05, 4.69) is 16.7 Å². The van der Waals surface area contributed by atoms with Crippen LogP contribution in [0.15, 0.2) is 0 Å². The van der Waals surface area contributed by atoms with Crippen molar-refractivity contribution < 1.29 is 5.11 Å². The van der Waals surface area contributed by atoms with E-state index in [-0.39, 0.29) is 6.61 Å². The Morgan fingerprint density at radius 1 is 1.15 bits per heavy atom. The zero-order chi connectivity index (χ0) is 10.1. The first-order valence-electron chi connectivity index (χ1n) is 4.96. The molecular weight excluding hydrogens is 166 g/mol. The van der Waals surface area contributed by atoms with Gasteiger partial charge in [0.2, 0.25) is 0 Å². The average Bonchev–Trinajstić information content (AvgIpc) is 2.12. The topological polar surface area (TPSA) is 52.7 Å². The van der Waals surface area contributed by atoms with Crippen LogP contribution >= 0.6 is 0 Å². The molecule has 0 atom stereocenters. The molecule has 0 unspecified atom stereocenters. The van der Waals surface area contributed by atoms with Gasteiger partial charge in [0.25, 0.3) is 0 Å². The second-order valence-electron chi connectivity index (χ2n) is 3.25. The van der Waals surface area contributed by atoms with E-state index in [1.165, 1.54) is 0 Å². The van der Waals surface area contributed by atoms with Gasteiger partial charge >= 0.3 is 0 Å². The van der Waals surface area contributed by atoms with Crippen molar-refractivity contribution in [1.82, 2.24) is 9.80 Å². The van der Waals surface area contributed by atoms with Gasteiger partial charge in [-0.1, -0.05) is 6.92 Å². The maximum atomic E-state index is 8.69. The minimum Gasteiger partial charge on any atom is -0.395 e. The van der Waals surface area contributed by atoms with E-state index in [1.807, 2.05) is 7.05 Å². The summed E-state index contributed by atoms with van der Waals surface area (Å²) < 4.78 is 0. The van der Waals surface area contributed by atoms with Gasteiger partial charge in [0.05, 0.1) is 6.61 Å². The van der Waals surface area contributed by atoms with Crippen molar-refractivity contribution in [2.75, 3.05) is 52.9 Å². The van der Waals surface area contributed by atoms with Crippen LogP contribution in [-0.2, 0) is 0 Å². The first kappa shape index (κ1) is 12.8. The zero-order valence-electron chi connectivity index (χ0n) is 8.87. The number of likely N-dealkylation sites (N-methyl/N-ethyl adjacent to an activating group) is 2. The van der Waals surface area contributed by atoms with Gasteiger partial charge in [-0.15, -0.1) is 0 Å². The normalized spacial score (nSPS) is 11.5. The quantitative estimate of drug-likeness (QED) is 0.524. The standard InChI is InChI=1S/C9H23N3O/c1-3-12(5-4-10)7-6-11(2)8-9-13/h13H,3-10H2,1-2H3. The molecular formula is C9H23N3O. The largest absolute Gasteiger partial charge is 0.395 e. The van der Waals surface area contributed by atoms with E-state index in [1.54, 1.807) is 0 Å². The Bertz CT molecular complexity index is 111. The predicted molar refractivity (Wildman–Crippen MR) is 55.8 cm³/mol. The SMILES string of the molecule is CCN(CCN)CCN(C)CCO. The van der Waals surface area contributed by atoms with E-state index in [9.17, 15) is 0 Å². The molecule has 4 nitrogen and oxygen atoms in total. The van der Waals surface area contributed by atoms with Crippen LogP contribution in [0.2, 0.25) is 0 Å². The summed E-state index contributed by atoms with van der Waals surface area (Å²) in [6.45, 7) is 7.88. The molecule has 3 N–H and O–H groups in total. The van der Waals surface area contributed by atoms with Crippen molar-refractivity contribution in [3.05, 3.63) is 0 Å². The van der Waals surface area contributed by atoms with E-state index in [0.717, 1.165) is 39.3 Å². The number of nitrogens with two attached hydrogens (primary N) is 1. The van der Waals surface area contributed by atoms with Gasteiger partial charge < -0.3 is 20.6 Å². The van der Waals surface area contributed by atoms with Crippen LogP contribution in [0.1, 0.15) is 6.92 Å². The molecule has 0 aliphatic rings. The molecule has 0 saturated heterocycles. The Labute approximate surface area is 81.3 Å². The molecule has 0 heterocycles. The van der Waals surface area contributed by atoms with Crippen LogP contribution in [0, 0.1) is 0 Å². The van der Waals surface area contributed by atoms with Crippen LogP contribution in [0.25, 0.3) is 0 Å². The first-order valence-corrected chi connectivity index (χ1v) is 4.96. The van der Waals surface area contributed by atoms with Crippen LogP contribution in [0.5, 0.6) is 0 Å². The Hall–Kier alpha value is -0.160. The number of aliphatic hydroxyl groups excluding tert-OH is 1. The Balaban J connectivity index is 3.46. The molecule has 0 saturated carbocycles. The number of rotatable bonds is 8. The van der Waals surface area contributed by atoms with Crippen LogP contribution in [0.4, 0.5) is 0 Å². The van der Waals surface area contributed by atoms with Crippen molar-refractivity contribution in [3.63, 3.8) is 0 Å². The molecule has 0 radical (unpaired) electrons. The summed E-state index contributed by atoms with van der Waals surface area (Å²) in [6.07, 6.45) is 0. The second-order valence-corrected chi connectivity index (χ2v) is 3.25. The zero-order valence-corrected chi connectivity index (χ0v) is 8.87. The van der Waals surface area contributed by atoms with Gasteiger partial charge in [0.1, 0.15) is 0 Å². The summed E-state index contributed by atoms with van der Waals surface area (Å²) in [4.78, 5) is 4.44. The van der Waals surface area contributed by atoms with E-state index >= 15 is 0 Å². The minimum absolute atomic E-state index is 0.236. The minimum atomic E-state index is 0.236. The third kappa shape index (κ3) is 6.95. The van der Waals surface area contributed by atoms with E-state index in [4.69, 9.17) is 10.8 Å². The molecule has 0 aromatic rings. The first-order chi connectivity index (χ1) is 6.24. The fraction of sp³-hybridized carbons (Fsp3) is 1.00. The van der Waals surface area contributed by atoms with Gasteiger partial charge in [0, 0.05) is 32.7 Å². The molecule has 13 heavy (non-hydrogen) atoms. The number of nitrogens with zero attached hydrogens (tertiary/aromatic N) is 2. The summed E-state index contributed by atoms with van der Waals surface area (Å²) in [5.74, 6) is 0. The number of hydrogen-bond acceptors (Lipinski definition) is 4. The van der Waals surface area contributed by atoms with Crippen molar-refractivity contribution in [3.8, 4) is 0 Å². The highest BCUT2D eigenvalue weighted by Crippen LogP contribution is 1.88. The van der Waals surface area contributed by atoms with Crippen molar-refractivity contribution in [2.24, 2.45) is 5.73 Å². The molecule has 0 spiro atoms. The van der Waals surface area contributed by atoms with Gasteiger partial charge in [-0.05, 0) is 13.6 Å². The average molecular weight is 189 g/mol. The lowest BCUT2D eigenvalue weighted by atomic mass is 10.4. The van der Waals surface area contributed by atoms with Crippen LogP contribution in [-0.4, -0.2) is 67.8 Å². The van der Waals surface area contributed by atoms with Crippen molar-refractivity contribution in [1.29, 1.82) is 0 Å². The highest BCUT2D eigenvalue weighted by Gasteiger charge is 2.02. The third-order valence-electron chi connectivity index (χ3n) is 2.17. The highest BCUT2D eigenvalue weighted by atomic mass is 16.3. The van der Waals surface area contributed by atoms with E-state index < -0.39 is 0 Å². The maximum Gasteiger partial charge on any atom is 0.0558 e. The summed E-state index contributed by atoms with van der Waals surface area (Å²) in [6, 6.07) is 0. The van der Waals surface area contributed by atoms with Crippen LogP contribution < -0.4 is 5.73 Å². The third-order valence-corrected chi connectivity index (χ3v) is 2.17. The van der Waals surface area contributed by atoms with Crippen LogP contribution in [0.3, 0.4) is 0 Å². The van der Waals surface area contributed by atoms with E-state index in [0.29, 0.717) is 0 Å². The Morgan fingerprint density at radius 2 is 1.85 bits per heavy atom. The fourth-order valence-electron chi connectivity index (χ4n) is 1.21. The molecule has 0 fully saturated rings. The molecule has 0 aromatic heterocycles. The maximum absolute atomic E-state index is 8.69. The number of aliphatic hydroxyl groups is 1. The van der Waals surface area contributed by atoms with Gasteiger partial charge in [0.15, 0.2) is 0 Å². The molecule has 80 valence electrons. The Morgan fingerprint density at radius 3 is 2.31 bits per heavy atom. The Kier molecular flexibility index (Phi) is 8.33. The molecule has 4 heteroatoms. The molecule has 0 bridgehead atoms. The summed E-state index contributed by atoms with van der Waals surface area (Å²) in [5.41, 5.74) is 5.47. The smallest absolute Gasteiger partial charge is 0.0558 e. The fourth-order valence-corrected chi connectivity index (χ4v) is 1.21. The summed E-state index contributed by atoms with van der Waals surface area (Å²) in [5, 5.41) is 8.69. The second kappa shape index (κ2) is 8.44. The lowest BCUT2D eigenvalue weighted by Gasteiger charge is -2.23. The van der Waals surface area contributed by atoms with Gasteiger partial charge in [-0.2, -0.15) is 0 Å². The molecule has 0 aliphatic carbocycles. The predicted octanol–water partition coefficient (Wildman–Crippen LogP) is -0.809. The summed E-state index contributed by atoms with van der Waals surface area (Å²) in [7, 11) is 2.02. The van der Waals surface area contributed by atoms with Crippen molar-refractivity contribution >= 4 is 0 Å². The number of hydrogen-bond donors (Lipinski definition) is 2. The molecule has 0 amide bonds. The lowest BCUT2D eigenvalue weighted by Crippen LogP contribution is -2.36. The molecule has 0 rings (SSSR count).